The SMILES string of the molecule is Cc1ccc(N2CCCc3sc(C(=O)Nc4ccc(C)c(C)c4)nc32)nn1.O=C(O)C(F)(F)F. The van der Waals surface area contributed by atoms with Gasteiger partial charge in [0, 0.05) is 17.1 Å². The Labute approximate surface area is 197 Å². The predicted molar refractivity (Wildman–Crippen MR) is 122 cm³/mol. The molecule has 180 valence electrons. The number of amides is 1. The molecule has 34 heavy (non-hydrogen) atoms. The lowest BCUT2D eigenvalue weighted by atomic mass is 10.1. The second-order valence-electron chi connectivity index (χ2n) is 7.61. The van der Waals surface area contributed by atoms with E-state index in [1.54, 1.807) is 0 Å². The molecule has 4 rings (SSSR count). The number of rotatable bonds is 3. The van der Waals surface area contributed by atoms with Crippen LogP contribution in [0.15, 0.2) is 30.3 Å². The molecule has 1 aromatic carbocycles. The average molecular weight is 494 g/mol. The van der Waals surface area contributed by atoms with Gasteiger partial charge in [0.1, 0.15) is 5.82 Å². The van der Waals surface area contributed by atoms with Crippen LogP contribution in [-0.2, 0) is 11.2 Å². The van der Waals surface area contributed by atoms with Crippen molar-refractivity contribution in [3.63, 3.8) is 0 Å². The lowest BCUT2D eigenvalue weighted by molar-refractivity contribution is -0.192. The van der Waals surface area contributed by atoms with Crippen LogP contribution in [0.2, 0.25) is 0 Å². The number of carbonyl (C=O) groups is 2. The van der Waals surface area contributed by atoms with Gasteiger partial charge in [-0.25, -0.2) is 9.78 Å². The number of nitrogens with zero attached hydrogens (tertiary/aromatic N) is 4. The molecule has 3 heterocycles. The number of aromatic nitrogens is 3. The number of carboxylic acid groups (broad SMARTS) is 1. The van der Waals surface area contributed by atoms with Crippen LogP contribution in [0.25, 0.3) is 0 Å². The molecule has 1 aliphatic rings. The molecule has 1 aliphatic heterocycles. The first-order chi connectivity index (χ1) is 16.0. The lowest BCUT2D eigenvalue weighted by Crippen LogP contribution is -2.25. The fourth-order valence-electron chi connectivity index (χ4n) is 3.08. The summed E-state index contributed by atoms with van der Waals surface area (Å²) in [4.78, 5) is 29.4. The molecule has 0 saturated carbocycles. The monoisotopic (exact) mass is 493 g/mol. The molecule has 1 amide bonds. The van der Waals surface area contributed by atoms with Crippen molar-refractivity contribution in [3.8, 4) is 0 Å². The molecule has 12 heteroatoms. The Morgan fingerprint density at radius 2 is 1.79 bits per heavy atom. The first-order valence-corrected chi connectivity index (χ1v) is 11.0. The van der Waals surface area contributed by atoms with Crippen molar-refractivity contribution in [2.75, 3.05) is 16.8 Å². The van der Waals surface area contributed by atoms with Gasteiger partial charge in [0.15, 0.2) is 10.8 Å². The predicted octanol–water partition coefficient (Wildman–Crippen LogP) is 4.83. The second-order valence-corrected chi connectivity index (χ2v) is 8.69. The number of hydrogen-bond acceptors (Lipinski definition) is 7. The molecule has 0 spiro atoms. The minimum atomic E-state index is -5.08. The van der Waals surface area contributed by atoms with E-state index >= 15 is 0 Å². The fourth-order valence-corrected chi connectivity index (χ4v) is 4.08. The zero-order chi connectivity index (χ0) is 25.0. The van der Waals surface area contributed by atoms with Gasteiger partial charge < -0.3 is 15.3 Å². The zero-order valence-electron chi connectivity index (χ0n) is 18.6. The van der Waals surface area contributed by atoms with Crippen molar-refractivity contribution in [2.45, 2.75) is 39.8 Å². The summed E-state index contributed by atoms with van der Waals surface area (Å²) in [7, 11) is 0. The minimum absolute atomic E-state index is 0.174. The van der Waals surface area contributed by atoms with Crippen molar-refractivity contribution in [2.24, 2.45) is 0 Å². The topological polar surface area (TPSA) is 108 Å². The highest BCUT2D eigenvalue weighted by Crippen LogP contribution is 2.35. The summed E-state index contributed by atoms with van der Waals surface area (Å²) in [5.74, 6) is -1.33. The Kier molecular flexibility index (Phi) is 7.50. The summed E-state index contributed by atoms with van der Waals surface area (Å²) < 4.78 is 31.7. The standard InChI is InChI=1S/C20H21N5OS.C2HF3O2/c1-12-6-8-15(11-13(12)2)21-19(26)20-22-18-16(27-20)5-4-10-25(18)17-9-7-14(3)23-24-17;3-2(4,5)1(6)7/h6-9,11H,4-5,10H2,1-3H3,(H,21,26);(H,6,7). The Balaban J connectivity index is 0.000000406. The van der Waals surface area contributed by atoms with E-state index in [0.717, 1.165) is 52.8 Å². The molecule has 8 nitrogen and oxygen atoms in total. The largest absolute Gasteiger partial charge is 0.490 e. The van der Waals surface area contributed by atoms with Crippen LogP contribution in [0.3, 0.4) is 0 Å². The van der Waals surface area contributed by atoms with Gasteiger partial charge in [-0.1, -0.05) is 6.07 Å². The maximum atomic E-state index is 12.7. The first-order valence-electron chi connectivity index (χ1n) is 10.2. The molecule has 0 aliphatic carbocycles. The first kappa shape index (κ1) is 25.1. The number of carboxylic acids is 1. The zero-order valence-corrected chi connectivity index (χ0v) is 19.4. The summed E-state index contributed by atoms with van der Waals surface area (Å²) >= 11 is 1.46. The average Bonchev–Trinajstić information content (AvgIpc) is 3.21. The molecule has 0 atom stereocenters. The number of aliphatic carboxylic acids is 1. The van der Waals surface area contributed by atoms with Gasteiger partial charge in [0.2, 0.25) is 0 Å². The van der Waals surface area contributed by atoms with Crippen LogP contribution < -0.4 is 10.2 Å². The Hall–Kier alpha value is -3.54. The van der Waals surface area contributed by atoms with E-state index in [4.69, 9.17) is 9.90 Å². The smallest absolute Gasteiger partial charge is 0.475 e. The number of aryl methyl sites for hydroxylation is 4. The van der Waals surface area contributed by atoms with Gasteiger partial charge in [-0.05, 0) is 69.0 Å². The lowest BCUT2D eigenvalue weighted by Gasteiger charge is -2.25. The highest BCUT2D eigenvalue weighted by Gasteiger charge is 2.38. The third kappa shape index (κ3) is 6.07. The molecule has 0 radical (unpaired) electrons. The molecule has 3 aromatic rings. The number of anilines is 3. The Morgan fingerprint density at radius 1 is 1.09 bits per heavy atom. The van der Waals surface area contributed by atoms with Crippen LogP contribution in [0.4, 0.5) is 30.5 Å². The summed E-state index contributed by atoms with van der Waals surface area (Å²) in [5, 5.41) is 19.0. The van der Waals surface area contributed by atoms with Crippen LogP contribution in [0, 0.1) is 20.8 Å². The van der Waals surface area contributed by atoms with Crippen LogP contribution in [-0.4, -0.2) is 44.9 Å². The van der Waals surface area contributed by atoms with Gasteiger partial charge in [-0.15, -0.1) is 16.4 Å². The normalized spacial score (nSPS) is 12.9. The third-order valence-corrected chi connectivity index (χ3v) is 6.08. The van der Waals surface area contributed by atoms with Crippen LogP contribution in [0.1, 0.15) is 37.9 Å². The van der Waals surface area contributed by atoms with Crippen molar-refractivity contribution < 1.29 is 27.9 Å². The number of nitrogens with one attached hydrogen (secondary N) is 1. The summed E-state index contributed by atoms with van der Waals surface area (Å²) in [6.07, 6.45) is -3.15. The highest BCUT2D eigenvalue weighted by atomic mass is 32.1. The van der Waals surface area contributed by atoms with Gasteiger partial charge >= 0.3 is 12.1 Å². The van der Waals surface area contributed by atoms with Crippen molar-refractivity contribution in [1.29, 1.82) is 0 Å². The van der Waals surface area contributed by atoms with E-state index in [-0.39, 0.29) is 5.91 Å². The Bertz CT molecular complexity index is 1200. The number of halogens is 3. The van der Waals surface area contributed by atoms with E-state index in [1.165, 1.54) is 16.9 Å². The molecule has 0 saturated heterocycles. The molecular formula is C22H22F3N5O3S. The van der Waals surface area contributed by atoms with Crippen molar-refractivity contribution in [3.05, 3.63) is 57.0 Å². The minimum Gasteiger partial charge on any atom is -0.475 e. The van der Waals surface area contributed by atoms with Crippen molar-refractivity contribution >= 4 is 40.5 Å². The van der Waals surface area contributed by atoms with Gasteiger partial charge in [0.25, 0.3) is 5.91 Å². The second kappa shape index (κ2) is 10.2. The fraction of sp³-hybridized carbons (Fsp3) is 0.318. The van der Waals surface area contributed by atoms with E-state index < -0.39 is 12.1 Å². The molecule has 0 bridgehead atoms. The van der Waals surface area contributed by atoms with E-state index in [0.29, 0.717) is 5.01 Å². The van der Waals surface area contributed by atoms with Gasteiger partial charge in [0.05, 0.1) is 5.69 Å². The molecule has 2 aromatic heterocycles. The number of carbonyl (C=O) groups excluding carboxylic acids is 1. The summed E-state index contributed by atoms with van der Waals surface area (Å²) in [6.45, 7) is 6.83. The highest BCUT2D eigenvalue weighted by molar-refractivity contribution is 7.14. The summed E-state index contributed by atoms with van der Waals surface area (Å²) in [6, 6.07) is 9.80. The number of thiazole rings is 1. The number of alkyl halides is 3. The number of benzene rings is 1. The van der Waals surface area contributed by atoms with Crippen LogP contribution >= 0.6 is 11.3 Å². The van der Waals surface area contributed by atoms with Gasteiger partial charge in [-0.3, -0.25) is 4.79 Å². The molecule has 0 fully saturated rings. The number of hydrogen-bond donors (Lipinski definition) is 2. The van der Waals surface area contributed by atoms with Crippen molar-refractivity contribution in [1.82, 2.24) is 15.2 Å². The maximum absolute atomic E-state index is 12.7. The molecular weight excluding hydrogens is 471 g/mol. The van der Waals surface area contributed by atoms with Gasteiger partial charge in [-0.2, -0.15) is 18.3 Å². The van der Waals surface area contributed by atoms with E-state index in [2.05, 4.69) is 32.3 Å². The quantitative estimate of drug-likeness (QED) is 0.538. The number of fused-ring (bicyclic) bond motifs is 1. The molecule has 0 unspecified atom stereocenters. The van der Waals surface area contributed by atoms with Crippen LogP contribution in [0.5, 0.6) is 0 Å². The van der Waals surface area contributed by atoms with E-state index in [1.807, 2.05) is 44.2 Å². The maximum Gasteiger partial charge on any atom is 0.490 e. The summed E-state index contributed by atoms with van der Waals surface area (Å²) in [5.41, 5.74) is 4.02. The van der Waals surface area contributed by atoms with E-state index in [9.17, 15) is 18.0 Å². The third-order valence-electron chi connectivity index (χ3n) is 4.98. The molecule has 2 N–H and O–H groups in total. The Morgan fingerprint density at radius 3 is 2.38 bits per heavy atom.